The van der Waals surface area contributed by atoms with Gasteiger partial charge in [0, 0.05) is 47.3 Å². The van der Waals surface area contributed by atoms with Crippen LogP contribution >= 0.6 is 11.8 Å². The van der Waals surface area contributed by atoms with E-state index in [1.54, 1.807) is 0 Å². The zero-order valence-electron chi connectivity index (χ0n) is 19.5. The first kappa shape index (κ1) is 23.0. The smallest absolute Gasteiger partial charge is 0.0433 e. The highest BCUT2D eigenvalue weighted by atomic mass is 32.2. The topological polar surface area (TPSA) is 6.48 Å². The van der Waals surface area contributed by atoms with Crippen LogP contribution in [-0.4, -0.2) is 13.1 Å². The summed E-state index contributed by atoms with van der Waals surface area (Å²) >= 11 is 1.82. The molecule has 0 spiro atoms. The molecular formula is C30H32N2S. The quantitative estimate of drug-likeness (QED) is 0.241. The number of anilines is 2. The van der Waals surface area contributed by atoms with Crippen LogP contribution in [0.15, 0.2) is 119 Å². The van der Waals surface area contributed by atoms with Crippen LogP contribution in [0, 0.1) is 0 Å². The van der Waals surface area contributed by atoms with Crippen LogP contribution in [0.2, 0.25) is 0 Å². The van der Waals surface area contributed by atoms with Crippen LogP contribution in [0.25, 0.3) is 0 Å². The third-order valence-electron chi connectivity index (χ3n) is 5.82. The van der Waals surface area contributed by atoms with Crippen molar-refractivity contribution in [2.45, 2.75) is 36.7 Å². The van der Waals surface area contributed by atoms with Crippen molar-refractivity contribution in [1.82, 2.24) is 0 Å². The average Bonchev–Trinajstić information content (AvgIpc) is 2.86. The monoisotopic (exact) mass is 452 g/mol. The van der Waals surface area contributed by atoms with Gasteiger partial charge in [-0.15, -0.1) is 0 Å². The standard InChI is InChI=1S/C30H32N2S/c1-3-31(4-2)28-16-11-17-30(22-28)33-29-20-18-27(19-21-29)32(23-25-12-7-5-8-13-25)24-26-14-9-6-10-15-26/h5-22H,3-4,23-24H2,1-2H3. The van der Waals surface area contributed by atoms with E-state index >= 15 is 0 Å². The predicted molar refractivity (Wildman–Crippen MR) is 143 cm³/mol. The minimum absolute atomic E-state index is 0.883. The first-order valence-electron chi connectivity index (χ1n) is 11.7. The number of rotatable bonds is 10. The molecule has 0 aromatic heterocycles. The van der Waals surface area contributed by atoms with E-state index in [9.17, 15) is 0 Å². The molecule has 0 unspecified atom stereocenters. The highest BCUT2D eigenvalue weighted by Crippen LogP contribution is 2.32. The van der Waals surface area contributed by atoms with Crippen LogP contribution in [0.3, 0.4) is 0 Å². The van der Waals surface area contributed by atoms with Gasteiger partial charge in [-0.05, 0) is 67.4 Å². The van der Waals surface area contributed by atoms with Gasteiger partial charge in [0.2, 0.25) is 0 Å². The van der Waals surface area contributed by atoms with Gasteiger partial charge in [-0.3, -0.25) is 0 Å². The zero-order valence-corrected chi connectivity index (χ0v) is 20.3. The normalized spacial score (nSPS) is 10.7. The Labute approximate surface area is 202 Å². The lowest BCUT2D eigenvalue weighted by Crippen LogP contribution is -2.22. The molecule has 4 aromatic rings. The first-order chi connectivity index (χ1) is 16.2. The summed E-state index contributed by atoms with van der Waals surface area (Å²) in [6.45, 7) is 8.23. The van der Waals surface area contributed by atoms with E-state index in [0.717, 1.165) is 26.2 Å². The van der Waals surface area contributed by atoms with E-state index in [4.69, 9.17) is 0 Å². The van der Waals surface area contributed by atoms with E-state index in [2.05, 4.69) is 133 Å². The van der Waals surface area contributed by atoms with E-state index < -0.39 is 0 Å². The summed E-state index contributed by atoms with van der Waals surface area (Å²) in [6, 6.07) is 39.2. The van der Waals surface area contributed by atoms with Crippen LogP contribution in [0.4, 0.5) is 11.4 Å². The molecule has 3 heteroatoms. The Morgan fingerprint density at radius 1 is 0.515 bits per heavy atom. The Balaban J connectivity index is 1.52. The van der Waals surface area contributed by atoms with Gasteiger partial charge in [0.15, 0.2) is 0 Å². The Hall–Kier alpha value is -3.17. The maximum Gasteiger partial charge on any atom is 0.0433 e. The molecule has 0 bridgehead atoms. The number of hydrogen-bond acceptors (Lipinski definition) is 3. The lowest BCUT2D eigenvalue weighted by molar-refractivity contribution is 0.799. The highest BCUT2D eigenvalue weighted by Gasteiger charge is 2.10. The molecule has 0 amide bonds. The molecule has 4 aromatic carbocycles. The van der Waals surface area contributed by atoms with Gasteiger partial charge < -0.3 is 9.80 Å². The second-order valence-electron chi connectivity index (χ2n) is 8.09. The molecule has 0 aliphatic carbocycles. The highest BCUT2D eigenvalue weighted by molar-refractivity contribution is 7.99. The van der Waals surface area contributed by atoms with Gasteiger partial charge in [0.25, 0.3) is 0 Å². The summed E-state index contributed by atoms with van der Waals surface area (Å²) in [5.41, 5.74) is 5.17. The van der Waals surface area contributed by atoms with Crippen molar-refractivity contribution in [3.63, 3.8) is 0 Å². The van der Waals surface area contributed by atoms with Crippen LogP contribution < -0.4 is 9.80 Å². The first-order valence-corrected chi connectivity index (χ1v) is 12.5. The van der Waals surface area contributed by atoms with Gasteiger partial charge in [-0.25, -0.2) is 0 Å². The maximum absolute atomic E-state index is 2.44. The Morgan fingerprint density at radius 3 is 1.64 bits per heavy atom. The lowest BCUT2D eigenvalue weighted by atomic mass is 10.1. The molecule has 0 saturated heterocycles. The van der Waals surface area contributed by atoms with Crippen molar-refractivity contribution in [2.24, 2.45) is 0 Å². The van der Waals surface area contributed by atoms with Crippen LogP contribution in [0.1, 0.15) is 25.0 Å². The van der Waals surface area contributed by atoms with Crippen molar-refractivity contribution in [3.8, 4) is 0 Å². The summed E-state index contributed by atoms with van der Waals surface area (Å²) in [5, 5.41) is 0. The summed E-state index contributed by atoms with van der Waals surface area (Å²) in [7, 11) is 0. The van der Waals surface area contributed by atoms with E-state index in [1.807, 2.05) is 11.8 Å². The summed E-state index contributed by atoms with van der Waals surface area (Å²) in [5.74, 6) is 0. The van der Waals surface area contributed by atoms with Crippen molar-refractivity contribution in [2.75, 3.05) is 22.9 Å². The fourth-order valence-corrected chi connectivity index (χ4v) is 4.91. The molecule has 4 rings (SSSR count). The molecule has 168 valence electrons. The van der Waals surface area contributed by atoms with Gasteiger partial charge in [-0.1, -0.05) is 78.5 Å². The van der Waals surface area contributed by atoms with Crippen LogP contribution in [0.5, 0.6) is 0 Å². The van der Waals surface area contributed by atoms with Crippen molar-refractivity contribution < 1.29 is 0 Å². The second-order valence-corrected chi connectivity index (χ2v) is 9.24. The van der Waals surface area contributed by atoms with E-state index in [-0.39, 0.29) is 0 Å². The fourth-order valence-electron chi connectivity index (χ4n) is 4.04. The third-order valence-corrected chi connectivity index (χ3v) is 6.81. The van der Waals surface area contributed by atoms with Gasteiger partial charge >= 0.3 is 0 Å². The molecule has 0 fully saturated rings. The van der Waals surface area contributed by atoms with Gasteiger partial charge in [0.1, 0.15) is 0 Å². The number of hydrogen-bond donors (Lipinski definition) is 0. The zero-order chi connectivity index (χ0) is 22.9. The molecule has 0 atom stereocenters. The summed E-state index contributed by atoms with van der Waals surface area (Å²) in [6.07, 6.45) is 0. The molecule has 0 radical (unpaired) electrons. The average molecular weight is 453 g/mol. The number of nitrogens with zero attached hydrogens (tertiary/aromatic N) is 2. The Kier molecular flexibility index (Phi) is 8.10. The summed E-state index contributed by atoms with van der Waals surface area (Å²) in [4.78, 5) is 7.37. The molecule has 0 saturated carbocycles. The lowest BCUT2D eigenvalue weighted by Gasteiger charge is -2.25. The minimum Gasteiger partial charge on any atom is -0.372 e. The molecule has 33 heavy (non-hydrogen) atoms. The molecular weight excluding hydrogens is 420 g/mol. The predicted octanol–water partition coefficient (Wildman–Crippen LogP) is 7.89. The Morgan fingerprint density at radius 2 is 1.09 bits per heavy atom. The van der Waals surface area contributed by atoms with E-state index in [0.29, 0.717) is 0 Å². The molecule has 0 heterocycles. The largest absolute Gasteiger partial charge is 0.372 e. The van der Waals surface area contributed by atoms with Crippen molar-refractivity contribution in [3.05, 3.63) is 120 Å². The van der Waals surface area contributed by atoms with E-state index in [1.165, 1.54) is 32.3 Å². The molecule has 0 aliphatic heterocycles. The minimum atomic E-state index is 0.883. The van der Waals surface area contributed by atoms with Crippen LogP contribution in [-0.2, 0) is 13.1 Å². The molecule has 0 aliphatic rings. The van der Waals surface area contributed by atoms with Crippen molar-refractivity contribution in [1.29, 1.82) is 0 Å². The SMILES string of the molecule is CCN(CC)c1cccc(Sc2ccc(N(Cc3ccccc3)Cc3ccccc3)cc2)c1. The number of benzene rings is 4. The second kappa shape index (κ2) is 11.6. The van der Waals surface area contributed by atoms with Gasteiger partial charge in [-0.2, -0.15) is 0 Å². The maximum atomic E-state index is 2.44. The van der Waals surface area contributed by atoms with Gasteiger partial charge in [0.05, 0.1) is 0 Å². The molecule has 2 nitrogen and oxygen atoms in total. The van der Waals surface area contributed by atoms with Crippen molar-refractivity contribution >= 4 is 23.1 Å². The fraction of sp³-hybridized carbons (Fsp3) is 0.200. The third kappa shape index (κ3) is 6.43. The molecule has 0 N–H and O–H groups in total. The Bertz CT molecular complexity index is 1070. The summed E-state index contributed by atoms with van der Waals surface area (Å²) < 4.78 is 0.